The summed E-state index contributed by atoms with van der Waals surface area (Å²) in [7, 11) is 0. The van der Waals surface area contributed by atoms with Gasteiger partial charge in [-0.1, -0.05) is 34.1 Å². The number of halogens is 1. The third-order valence-electron chi connectivity index (χ3n) is 2.86. The van der Waals surface area contributed by atoms with E-state index in [1.807, 2.05) is 24.4 Å². The molecule has 1 aromatic carbocycles. The minimum absolute atomic E-state index is 0.163. The summed E-state index contributed by atoms with van der Waals surface area (Å²) in [6, 6.07) is 12.3. The molecule has 19 heavy (non-hydrogen) atoms. The lowest BCUT2D eigenvalue weighted by Gasteiger charge is -2.21. The van der Waals surface area contributed by atoms with Crippen LogP contribution in [0, 0.1) is 0 Å². The van der Waals surface area contributed by atoms with Crippen molar-refractivity contribution in [3.8, 4) is 0 Å². The molecule has 0 spiro atoms. The number of hydrogen-bond donors (Lipinski definition) is 1. The lowest BCUT2D eigenvalue weighted by atomic mass is 10.2. The lowest BCUT2D eigenvalue weighted by Crippen LogP contribution is -2.26. The van der Waals surface area contributed by atoms with Gasteiger partial charge in [0.2, 0.25) is 0 Å². The maximum Gasteiger partial charge on any atom is 0.0558 e. The van der Waals surface area contributed by atoms with Crippen LogP contribution in [0.1, 0.15) is 11.1 Å². The second kappa shape index (κ2) is 7.38. The van der Waals surface area contributed by atoms with E-state index < -0.39 is 0 Å². The third-order valence-corrected chi connectivity index (χ3v) is 3.39. The minimum atomic E-state index is 0.163. The van der Waals surface area contributed by atoms with Crippen molar-refractivity contribution in [3.63, 3.8) is 0 Å². The standard InChI is InChI=1S/C15H17BrN2O/c16-15-5-3-13(4-6-15)11-18(8-9-19)12-14-2-1-7-17-10-14/h1-7,10,19H,8-9,11-12H2. The molecule has 0 saturated carbocycles. The van der Waals surface area contributed by atoms with E-state index in [0.717, 1.165) is 23.1 Å². The van der Waals surface area contributed by atoms with Gasteiger partial charge in [-0.05, 0) is 29.3 Å². The first kappa shape index (κ1) is 14.2. The molecule has 1 N–H and O–H groups in total. The fraction of sp³-hybridized carbons (Fsp3) is 0.267. The fourth-order valence-corrected chi connectivity index (χ4v) is 2.22. The van der Waals surface area contributed by atoms with Crippen molar-refractivity contribution in [2.24, 2.45) is 0 Å². The Bertz CT molecular complexity index is 487. The quantitative estimate of drug-likeness (QED) is 0.889. The van der Waals surface area contributed by atoms with Crippen LogP contribution in [0.3, 0.4) is 0 Å². The summed E-state index contributed by atoms with van der Waals surface area (Å²) in [4.78, 5) is 6.33. The number of pyridine rings is 1. The van der Waals surface area contributed by atoms with Crippen molar-refractivity contribution in [2.75, 3.05) is 13.2 Å². The fourth-order valence-electron chi connectivity index (χ4n) is 1.95. The summed E-state index contributed by atoms with van der Waals surface area (Å²) in [5.41, 5.74) is 2.40. The Morgan fingerprint density at radius 1 is 1.05 bits per heavy atom. The van der Waals surface area contributed by atoms with Crippen molar-refractivity contribution in [1.82, 2.24) is 9.88 Å². The van der Waals surface area contributed by atoms with Crippen LogP contribution in [-0.2, 0) is 13.1 Å². The van der Waals surface area contributed by atoms with E-state index in [-0.39, 0.29) is 6.61 Å². The highest BCUT2D eigenvalue weighted by atomic mass is 79.9. The highest BCUT2D eigenvalue weighted by Gasteiger charge is 2.06. The summed E-state index contributed by atoms with van der Waals surface area (Å²) < 4.78 is 1.08. The zero-order valence-electron chi connectivity index (χ0n) is 10.7. The molecule has 100 valence electrons. The number of rotatable bonds is 6. The summed E-state index contributed by atoms with van der Waals surface area (Å²) in [5, 5.41) is 9.17. The zero-order valence-corrected chi connectivity index (χ0v) is 12.3. The summed E-state index contributed by atoms with van der Waals surface area (Å²) in [5.74, 6) is 0. The molecule has 0 bridgehead atoms. The molecule has 2 rings (SSSR count). The van der Waals surface area contributed by atoms with Gasteiger partial charge in [0.05, 0.1) is 6.61 Å². The van der Waals surface area contributed by atoms with Gasteiger partial charge in [-0.25, -0.2) is 0 Å². The third kappa shape index (κ3) is 4.74. The molecule has 0 saturated heterocycles. The monoisotopic (exact) mass is 320 g/mol. The molecule has 0 radical (unpaired) electrons. The number of nitrogens with zero attached hydrogens (tertiary/aromatic N) is 2. The van der Waals surface area contributed by atoms with Gasteiger partial charge in [-0.15, -0.1) is 0 Å². The molecule has 0 atom stereocenters. The van der Waals surface area contributed by atoms with Crippen molar-refractivity contribution in [2.45, 2.75) is 13.1 Å². The van der Waals surface area contributed by atoms with Crippen LogP contribution in [0.25, 0.3) is 0 Å². The average Bonchev–Trinajstić information content (AvgIpc) is 2.43. The van der Waals surface area contributed by atoms with E-state index in [2.05, 4.69) is 44.0 Å². The predicted octanol–water partition coefficient (Wildman–Crippen LogP) is 2.84. The molecule has 0 unspecified atom stereocenters. The van der Waals surface area contributed by atoms with Crippen molar-refractivity contribution in [3.05, 3.63) is 64.4 Å². The SMILES string of the molecule is OCCN(Cc1ccc(Br)cc1)Cc1cccnc1. The molecule has 0 aliphatic rings. The Labute approximate surface area is 122 Å². The molecule has 0 aliphatic carbocycles. The van der Waals surface area contributed by atoms with Gasteiger partial charge in [0.15, 0.2) is 0 Å². The molecule has 0 amide bonds. The van der Waals surface area contributed by atoms with Gasteiger partial charge in [0, 0.05) is 36.5 Å². The van der Waals surface area contributed by atoms with Crippen LogP contribution in [0.4, 0.5) is 0 Å². The molecule has 4 heteroatoms. The first-order valence-electron chi connectivity index (χ1n) is 6.24. The van der Waals surface area contributed by atoms with Gasteiger partial charge < -0.3 is 5.11 Å². The van der Waals surface area contributed by atoms with Crippen LogP contribution in [-0.4, -0.2) is 28.1 Å². The van der Waals surface area contributed by atoms with Crippen molar-refractivity contribution >= 4 is 15.9 Å². The Kier molecular flexibility index (Phi) is 5.51. The van der Waals surface area contributed by atoms with Crippen LogP contribution < -0.4 is 0 Å². The molecule has 0 aliphatic heterocycles. The van der Waals surface area contributed by atoms with Crippen LogP contribution >= 0.6 is 15.9 Å². The number of aliphatic hydroxyl groups excluding tert-OH is 1. The van der Waals surface area contributed by atoms with E-state index in [0.29, 0.717) is 6.54 Å². The highest BCUT2D eigenvalue weighted by Crippen LogP contribution is 2.13. The highest BCUT2D eigenvalue weighted by molar-refractivity contribution is 9.10. The molecular weight excluding hydrogens is 304 g/mol. The second-order valence-corrected chi connectivity index (χ2v) is 5.34. The Morgan fingerprint density at radius 2 is 1.79 bits per heavy atom. The van der Waals surface area contributed by atoms with Gasteiger partial charge >= 0.3 is 0 Å². The van der Waals surface area contributed by atoms with Gasteiger partial charge in [-0.3, -0.25) is 9.88 Å². The molecular formula is C15H17BrN2O. The van der Waals surface area contributed by atoms with Gasteiger partial charge in [0.25, 0.3) is 0 Å². The number of aromatic nitrogens is 1. The summed E-state index contributed by atoms with van der Waals surface area (Å²) >= 11 is 3.43. The summed E-state index contributed by atoms with van der Waals surface area (Å²) in [6.45, 7) is 2.44. The van der Waals surface area contributed by atoms with E-state index >= 15 is 0 Å². The van der Waals surface area contributed by atoms with Gasteiger partial charge in [0.1, 0.15) is 0 Å². The maximum atomic E-state index is 9.17. The maximum absolute atomic E-state index is 9.17. The molecule has 3 nitrogen and oxygen atoms in total. The first-order chi connectivity index (χ1) is 9.28. The van der Waals surface area contributed by atoms with Crippen LogP contribution in [0.5, 0.6) is 0 Å². The number of hydrogen-bond acceptors (Lipinski definition) is 3. The lowest BCUT2D eigenvalue weighted by molar-refractivity contribution is 0.184. The average molecular weight is 321 g/mol. The van der Waals surface area contributed by atoms with Crippen LogP contribution in [0.2, 0.25) is 0 Å². The minimum Gasteiger partial charge on any atom is -0.395 e. The van der Waals surface area contributed by atoms with E-state index in [9.17, 15) is 5.11 Å². The number of benzene rings is 1. The predicted molar refractivity (Wildman–Crippen MR) is 79.6 cm³/mol. The van der Waals surface area contributed by atoms with E-state index in [4.69, 9.17) is 0 Å². The van der Waals surface area contributed by atoms with Gasteiger partial charge in [-0.2, -0.15) is 0 Å². The largest absolute Gasteiger partial charge is 0.395 e. The second-order valence-electron chi connectivity index (χ2n) is 4.42. The smallest absolute Gasteiger partial charge is 0.0558 e. The topological polar surface area (TPSA) is 36.4 Å². The molecule has 2 aromatic rings. The molecule has 0 fully saturated rings. The normalized spacial score (nSPS) is 10.9. The Hall–Kier alpha value is -1.23. The zero-order chi connectivity index (χ0) is 13.5. The first-order valence-corrected chi connectivity index (χ1v) is 7.04. The number of aliphatic hydroxyl groups is 1. The van der Waals surface area contributed by atoms with E-state index in [1.54, 1.807) is 6.20 Å². The van der Waals surface area contributed by atoms with E-state index in [1.165, 1.54) is 5.56 Å². The summed E-state index contributed by atoms with van der Waals surface area (Å²) in [6.07, 6.45) is 3.64. The molecule has 1 aromatic heterocycles. The Balaban J connectivity index is 2.01. The van der Waals surface area contributed by atoms with Crippen LogP contribution in [0.15, 0.2) is 53.3 Å². The van der Waals surface area contributed by atoms with Crippen molar-refractivity contribution < 1.29 is 5.11 Å². The van der Waals surface area contributed by atoms with Crippen molar-refractivity contribution in [1.29, 1.82) is 0 Å². The molecule has 1 heterocycles. The Morgan fingerprint density at radius 3 is 2.42 bits per heavy atom.